The summed E-state index contributed by atoms with van der Waals surface area (Å²) in [5, 5.41) is 3.39. The van der Waals surface area contributed by atoms with Gasteiger partial charge in [0.1, 0.15) is 5.01 Å². The van der Waals surface area contributed by atoms with E-state index in [9.17, 15) is 0 Å². The third kappa shape index (κ3) is 3.26. The van der Waals surface area contributed by atoms with Crippen molar-refractivity contribution < 1.29 is 0 Å². The summed E-state index contributed by atoms with van der Waals surface area (Å²) < 4.78 is 0. The number of rotatable bonds is 6. The molecule has 0 aliphatic carbocycles. The van der Waals surface area contributed by atoms with Gasteiger partial charge in [0.2, 0.25) is 0 Å². The Labute approximate surface area is 94.3 Å². The minimum absolute atomic E-state index is 0.465. The summed E-state index contributed by atoms with van der Waals surface area (Å²) >= 11 is 3.57. The number of thiazole rings is 1. The van der Waals surface area contributed by atoms with Crippen molar-refractivity contribution in [2.24, 2.45) is 5.73 Å². The highest BCUT2D eigenvalue weighted by molar-refractivity contribution is 7.97. The van der Waals surface area contributed by atoms with E-state index in [1.165, 1.54) is 17.1 Å². The maximum absolute atomic E-state index is 5.73. The molecule has 0 aliphatic rings. The second kappa shape index (κ2) is 6.43. The van der Waals surface area contributed by atoms with Crippen molar-refractivity contribution in [1.82, 2.24) is 4.98 Å². The van der Waals surface area contributed by atoms with E-state index < -0.39 is 0 Å². The summed E-state index contributed by atoms with van der Waals surface area (Å²) in [6.45, 7) is 2.91. The molecule has 0 aromatic carbocycles. The van der Waals surface area contributed by atoms with Gasteiger partial charge in [-0.25, -0.2) is 4.98 Å². The van der Waals surface area contributed by atoms with Crippen molar-refractivity contribution in [2.45, 2.75) is 31.4 Å². The molecule has 0 radical (unpaired) electrons. The Balaban J connectivity index is 2.63. The van der Waals surface area contributed by atoms with Gasteiger partial charge in [-0.1, -0.05) is 13.3 Å². The van der Waals surface area contributed by atoms with Crippen LogP contribution in [0, 0.1) is 0 Å². The minimum atomic E-state index is 0.465. The lowest BCUT2D eigenvalue weighted by molar-refractivity contribution is 0.609. The van der Waals surface area contributed by atoms with Gasteiger partial charge in [-0.2, -0.15) is 11.8 Å². The quantitative estimate of drug-likeness (QED) is 0.816. The van der Waals surface area contributed by atoms with Crippen LogP contribution in [-0.2, 0) is 5.75 Å². The van der Waals surface area contributed by atoms with Crippen molar-refractivity contribution >= 4 is 23.1 Å². The zero-order valence-electron chi connectivity index (χ0n) is 8.82. The summed E-state index contributed by atoms with van der Waals surface area (Å²) in [4.78, 5) is 4.61. The molecule has 1 aromatic heterocycles. The van der Waals surface area contributed by atoms with Gasteiger partial charge in [-0.05, 0) is 12.7 Å². The Morgan fingerprint density at radius 2 is 2.43 bits per heavy atom. The van der Waals surface area contributed by atoms with Gasteiger partial charge < -0.3 is 5.73 Å². The van der Waals surface area contributed by atoms with E-state index >= 15 is 0 Å². The van der Waals surface area contributed by atoms with Crippen molar-refractivity contribution in [3.8, 4) is 0 Å². The van der Waals surface area contributed by atoms with Crippen molar-refractivity contribution in [1.29, 1.82) is 0 Å². The third-order valence-electron chi connectivity index (χ3n) is 2.18. The molecular weight excluding hydrogens is 212 g/mol. The third-order valence-corrected chi connectivity index (χ3v) is 3.79. The first-order chi connectivity index (χ1) is 6.81. The topological polar surface area (TPSA) is 38.9 Å². The highest BCUT2D eigenvalue weighted by Gasteiger charge is 2.12. The van der Waals surface area contributed by atoms with E-state index in [-0.39, 0.29) is 0 Å². The molecule has 0 bridgehead atoms. The number of hydrogen-bond donors (Lipinski definition) is 1. The molecular formula is C10H18N2S2. The average Bonchev–Trinajstić information content (AvgIpc) is 2.63. The van der Waals surface area contributed by atoms with Crippen LogP contribution in [0.2, 0.25) is 0 Å². The van der Waals surface area contributed by atoms with Crippen LogP contribution in [0.5, 0.6) is 0 Å². The van der Waals surface area contributed by atoms with Crippen LogP contribution < -0.4 is 5.73 Å². The van der Waals surface area contributed by atoms with Crippen LogP contribution in [0.15, 0.2) is 5.38 Å². The van der Waals surface area contributed by atoms with Crippen molar-refractivity contribution in [3.63, 3.8) is 0 Å². The molecule has 0 saturated carbocycles. The molecule has 1 unspecified atom stereocenters. The molecule has 80 valence electrons. The Hall–Kier alpha value is -0.0600. The Bertz CT molecular complexity index is 260. The minimum Gasteiger partial charge on any atom is -0.330 e. The first-order valence-electron chi connectivity index (χ1n) is 4.95. The molecule has 2 N–H and O–H groups in total. The molecule has 1 heterocycles. The van der Waals surface area contributed by atoms with Gasteiger partial charge >= 0.3 is 0 Å². The highest BCUT2D eigenvalue weighted by atomic mass is 32.2. The fraction of sp³-hybridized carbons (Fsp3) is 0.700. The van der Waals surface area contributed by atoms with Gasteiger partial charge in [0.15, 0.2) is 0 Å². The molecule has 1 atom stereocenters. The highest BCUT2D eigenvalue weighted by Crippen LogP contribution is 2.23. The molecule has 4 heteroatoms. The summed E-state index contributed by atoms with van der Waals surface area (Å²) in [5.74, 6) is 1.49. The van der Waals surface area contributed by atoms with Crippen molar-refractivity contribution in [3.05, 3.63) is 16.1 Å². The summed E-state index contributed by atoms with van der Waals surface area (Å²) in [6, 6.07) is 0. The zero-order chi connectivity index (χ0) is 10.4. The van der Waals surface area contributed by atoms with Crippen LogP contribution in [0.25, 0.3) is 0 Å². The van der Waals surface area contributed by atoms with Gasteiger partial charge in [0.25, 0.3) is 0 Å². The van der Waals surface area contributed by atoms with E-state index in [1.807, 2.05) is 11.8 Å². The predicted molar refractivity (Wildman–Crippen MR) is 66.0 cm³/mol. The summed E-state index contributed by atoms with van der Waals surface area (Å²) in [5.41, 5.74) is 6.93. The Morgan fingerprint density at radius 1 is 1.64 bits per heavy atom. The lowest BCUT2D eigenvalue weighted by Gasteiger charge is -2.09. The molecule has 0 spiro atoms. The average molecular weight is 230 g/mol. The first-order valence-corrected chi connectivity index (χ1v) is 7.22. The molecule has 1 rings (SSSR count). The lowest BCUT2D eigenvalue weighted by Crippen LogP contribution is -2.12. The van der Waals surface area contributed by atoms with Gasteiger partial charge in [0, 0.05) is 23.6 Å². The standard InChI is InChI=1S/C10H18N2S2/c1-3-4-8(5-11)9-6-14-10(12-9)7-13-2/h6,8H,3-5,7,11H2,1-2H3. The summed E-state index contributed by atoms with van der Waals surface area (Å²) in [6.07, 6.45) is 4.43. The molecule has 0 saturated heterocycles. The van der Waals surface area contributed by atoms with Crippen LogP contribution in [0.4, 0.5) is 0 Å². The smallest absolute Gasteiger partial charge is 0.103 e. The lowest BCUT2D eigenvalue weighted by atomic mass is 10.0. The first kappa shape index (κ1) is 12.0. The van der Waals surface area contributed by atoms with E-state index in [2.05, 4.69) is 23.5 Å². The number of hydrogen-bond acceptors (Lipinski definition) is 4. The molecule has 0 aliphatic heterocycles. The molecule has 2 nitrogen and oxygen atoms in total. The maximum atomic E-state index is 5.73. The van der Waals surface area contributed by atoms with E-state index in [0.29, 0.717) is 5.92 Å². The van der Waals surface area contributed by atoms with Crippen LogP contribution in [0.3, 0.4) is 0 Å². The number of aromatic nitrogens is 1. The Morgan fingerprint density at radius 3 is 3.00 bits per heavy atom. The van der Waals surface area contributed by atoms with E-state index in [1.54, 1.807) is 11.3 Å². The summed E-state index contributed by atoms with van der Waals surface area (Å²) in [7, 11) is 0. The van der Waals surface area contributed by atoms with E-state index in [0.717, 1.165) is 18.7 Å². The SMILES string of the molecule is CCCC(CN)c1csc(CSC)n1. The number of nitrogens with two attached hydrogens (primary N) is 1. The van der Waals surface area contributed by atoms with E-state index in [4.69, 9.17) is 5.73 Å². The van der Waals surface area contributed by atoms with Crippen LogP contribution in [-0.4, -0.2) is 17.8 Å². The Kier molecular flexibility index (Phi) is 5.52. The second-order valence-corrected chi connectivity index (χ2v) is 5.13. The fourth-order valence-corrected chi connectivity index (χ4v) is 3.03. The largest absolute Gasteiger partial charge is 0.330 e. The normalized spacial score (nSPS) is 13.1. The monoisotopic (exact) mass is 230 g/mol. The van der Waals surface area contributed by atoms with Gasteiger partial charge in [-0.15, -0.1) is 11.3 Å². The zero-order valence-corrected chi connectivity index (χ0v) is 10.5. The number of nitrogens with zero attached hydrogens (tertiary/aromatic N) is 1. The molecule has 0 fully saturated rings. The van der Waals surface area contributed by atoms with Crippen molar-refractivity contribution in [2.75, 3.05) is 12.8 Å². The van der Waals surface area contributed by atoms with Gasteiger partial charge in [-0.3, -0.25) is 0 Å². The van der Waals surface area contributed by atoms with Crippen LogP contribution >= 0.6 is 23.1 Å². The maximum Gasteiger partial charge on any atom is 0.103 e. The molecule has 14 heavy (non-hydrogen) atoms. The molecule has 0 amide bonds. The predicted octanol–water partition coefficient (Wildman–Crippen LogP) is 2.85. The molecule has 1 aromatic rings. The van der Waals surface area contributed by atoms with Gasteiger partial charge in [0.05, 0.1) is 5.69 Å². The fourth-order valence-electron chi connectivity index (χ4n) is 1.44. The second-order valence-electron chi connectivity index (χ2n) is 3.32. The van der Waals surface area contributed by atoms with Crippen LogP contribution in [0.1, 0.15) is 36.4 Å². The number of thioether (sulfide) groups is 1.